The fraction of sp³-hybridized carbons (Fsp3) is 0.438. The van der Waals surface area contributed by atoms with Crippen molar-refractivity contribution >= 4 is 5.91 Å². The number of nitrogens with one attached hydrogen (secondary N) is 1. The van der Waals surface area contributed by atoms with Gasteiger partial charge in [0.25, 0.3) is 5.91 Å². The number of ether oxygens (including phenoxy) is 2. The molecule has 1 atom stereocenters. The fourth-order valence-electron chi connectivity index (χ4n) is 2.44. The number of carbonyl (C=O) groups is 1. The number of morpholine rings is 1. The minimum absolute atomic E-state index is 0.0669. The zero-order chi connectivity index (χ0) is 16.9. The van der Waals surface area contributed by atoms with Crippen molar-refractivity contribution in [2.45, 2.75) is 19.4 Å². The van der Waals surface area contributed by atoms with E-state index < -0.39 is 5.82 Å². The van der Waals surface area contributed by atoms with Crippen molar-refractivity contribution in [1.82, 2.24) is 20.1 Å². The minimum Gasteiger partial charge on any atom is -0.481 e. The topological polar surface area (TPSA) is 80.3 Å². The van der Waals surface area contributed by atoms with Gasteiger partial charge in [-0.2, -0.15) is 5.10 Å². The highest BCUT2D eigenvalue weighted by Crippen LogP contribution is 2.20. The van der Waals surface area contributed by atoms with Crippen LogP contribution in [0.4, 0.5) is 4.39 Å². The second-order valence-electron chi connectivity index (χ2n) is 5.41. The van der Waals surface area contributed by atoms with Gasteiger partial charge in [0.05, 0.1) is 13.2 Å². The van der Waals surface area contributed by atoms with E-state index in [0.717, 1.165) is 12.2 Å². The smallest absolute Gasteiger partial charge is 0.260 e. The van der Waals surface area contributed by atoms with Crippen LogP contribution in [0.3, 0.4) is 0 Å². The van der Waals surface area contributed by atoms with Crippen LogP contribution < -0.4 is 4.74 Å². The molecule has 128 valence electrons. The lowest BCUT2D eigenvalue weighted by molar-refractivity contribution is -0.141. The van der Waals surface area contributed by atoms with E-state index in [4.69, 9.17) is 9.47 Å². The molecular weight excluding hydrogens is 315 g/mol. The second-order valence-corrected chi connectivity index (χ2v) is 5.41. The average molecular weight is 334 g/mol. The van der Waals surface area contributed by atoms with Crippen LogP contribution in [0.15, 0.2) is 24.3 Å². The number of carbonyl (C=O) groups excluding carboxylic acids is 1. The summed E-state index contributed by atoms with van der Waals surface area (Å²) in [6.07, 6.45) is 0.381. The summed E-state index contributed by atoms with van der Waals surface area (Å²) in [5.74, 6) is 0.673. The van der Waals surface area contributed by atoms with Gasteiger partial charge in [-0.05, 0) is 12.1 Å². The molecule has 3 rings (SSSR count). The highest BCUT2D eigenvalue weighted by Gasteiger charge is 2.28. The Morgan fingerprint density at radius 2 is 2.33 bits per heavy atom. The molecule has 1 fully saturated rings. The molecule has 0 saturated carbocycles. The van der Waals surface area contributed by atoms with Crippen molar-refractivity contribution in [2.24, 2.45) is 0 Å². The van der Waals surface area contributed by atoms with Crippen molar-refractivity contribution in [3.63, 3.8) is 0 Å². The second kappa shape index (κ2) is 7.39. The van der Waals surface area contributed by atoms with Crippen molar-refractivity contribution in [2.75, 3.05) is 26.3 Å². The number of benzene rings is 1. The molecule has 1 aliphatic heterocycles. The Kier molecular flexibility index (Phi) is 5.05. The molecule has 8 heteroatoms. The first kappa shape index (κ1) is 16.4. The molecule has 0 spiro atoms. The normalized spacial score (nSPS) is 17.8. The van der Waals surface area contributed by atoms with Crippen LogP contribution in [0.5, 0.6) is 5.75 Å². The minimum atomic E-state index is -0.488. The number of hydrogen-bond donors (Lipinski definition) is 1. The van der Waals surface area contributed by atoms with E-state index in [0.29, 0.717) is 25.5 Å². The third-order valence-electron chi connectivity index (χ3n) is 3.78. The summed E-state index contributed by atoms with van der Waals surface area (Å²) >= 11 is 0. The van der Waals surface area contributed by atoms with Gasteiger partial charge in [0.2, 0.25) is 0 Å². The standard InChI is InChI=1S/C16H19FN4O3/c1-2-14-18-16(20-19-14)13-9-21(7-8-23-13)15(22)10-24-12-6-4-3-5-11(12)17/h3-6,13H,2,7-10H2,1H3,(H,18,19,20)/t13-/m0/s1. The van der Waals surface area contributed by atoms with Crippen LogP contribution >= 0.6 is 0 Å². The van der Waals surface area contributed by atoms with Crippen molar-refractivity contribution in [3.8, 4) is 5.75 Å². The molecular formula is C16H19FN4O3. The Labute approximate surface area is 138 Å². The number of aromatic amines is 1. The fourth-order valence-corrected chi connectivity index (χ4v) is 2.44. The van der Waals surface area contributed by atoms with E-state index in [9.17, 15) is 9.18 Å². The lowest BCUT2D eigenvalue weighted by atomic mass is 10.2. The van der Waals surface area contributed by atoms with Crippen LogP contribution in [-0.4, -0.2) is 52.3 Å². The monoisotopic (exact) mass is 334 g/mol. The van der Waals surface area contributed by atoms with Crippen LogP contribution in [0.25, 0.3) is 0 Å². The van der Waals surface area contributed by atoms with E-state index in [1.54, 1.807) is 17.0 Å². The average Bonchev–Trinajstić information content (AvgIpc) is 3.10. The van der Waals surface area contributed by atoms with Crippen LogP contribution in [0, 0.1) is 5.82 Å². The molecule has 0 radical (unpaired) electrons. The number of hydrogen-bond acceptors (Lipinski definition) is 5. The molecule has 2 heterocycles. The molecule has 1 aromatic carbocycles. The van der Waals surface area contributed by atoms with E-state index in [1.165, 1.54) is 12.1 Å². The summed E-state index contributed by atoms with van der Waals surface area (Å²) in [4.78, 5) is 18.3. The first-order chi connectivity index (χ1) is 11.7. The number of aromatic nitrogens is 3. The van der Waals surface area contributed by atoms with Gasteiger partial charge in [-0.1, -0.05) is 19.1 Å². The lowest BCUT2D eigenvalue weighted by Gasteiger charge is -2.31. The zero-order valence-electron chi connectivity index (χ0n) is 13.4. The maximum absolute atomic E-state index is 13.5. The Bertz CT molecular complexity index is 706. The van der Waals surface area contributed by atoms with Gasteiger partial charge in [0, 0.05) is 13.0 Å². The summed E-state index contributed by atoms with van der Waals surface area (Å²) in [6.45, 7) is 2.96. The summed E-state index contributed by atoms with van der Waals surface area (Å²) in [5.41, 5.74) is 0. The zero-order valence-corrected chi connectivity index (χ0v) is 13.4. The van der Waals surface area contributed by atoms with Crippen molar-refractivity contribution in [1.29, 1.82) is 0 Å². The van der Waals surface area contributed by atoms with Crippen LogP contribution in [0.2, 0.25) is 0 Å². The number of para-hydroxylation sites is 1. The number of H-pyrrole nitrogens is 1. The molecule has 0 aliphatic carbocycles. The van der Waals surface area contributed by atoms with E-state index in [-0.39, 0.29) is 24.4 Å². The van der Waals surface area contributed by atoms with E-state index in [2.05, 4.69) is 15.2 Å². The van der Waals surface area contributed by atoms with Gasteiger partial charge < -0.3 is 14.4 Å². The van der Waals surface area contributed by atoms with Crippen LogP contribution in [-0.2, 0) is 16.0 Å². The highest BCUT2D eigenvalue weighted by atomic mass is 19.1. The Hall–Kier alpha value is -2.48. The van der Waals surface area contributed by atoms with Gasteiger partial charge in [-0.25, -0.2) is 9.37 Å². The number of amides is 1. The third-order valence-corrected chi connectivity index (χ3v) is 3.78. The Morgan fingerprint density at radius 3 is 3.08 bits per heavy atom. The molecule has 0 unspecified atom stereocenters. The number of aryl methyl sites for hydroxylation is 1. The molecule has 1 saturated heterocycles. The molecule has 1 aromatic heterocycles. The predicted molar refractivity (Wildman–Crippen MR) is 82.9 cm³/mol. The van der Waals surface area contributed by atoms with Crippen molar-refractivity contribution in [3.05, 3.63) is 41.7 Å². The van der Waals surface area contributed by atoms with Gasteiger partial charge in [0.1, 0.15) is 11.9 Å². The molecule has 24 heavy (non-hydrogen) atoms. The number of halogens is 1. The lowest BCUT2D eigenvalue weighted by Crippen LogP contribution is -2.44. The van der Waals surface area contributed by atoms with Crippen molar-refractivity contribution < 1.29 is 18.7 Å². The molecule has 1 aliphatic rings. The molecule has 1 amide bonds. The molecule has 2 aromatic rings. The van der Waals surface area contributed by atoms with Gasteiger partial charge in [-0.3, -0.25) is 9.89 Å². The quantitative estimate of drug-likeness (QED) is 0.896. The summed E-state index contributed by atoms with van der Waals surface area (Å²) in [7, 11) is 0. The molecule has 1 N–H and O–H groups in total. The summed E-state index contributed by atoms with van der Waals surface area (Å²) in [5, 5.41) is 6.97. The van der Waals surface area contributed by atoms with Gasteiger partial charge >= 0.3 is 0 Å². The summed E-state index contributed by atoms with van der Waals surface area (Å²) < 4.78 is 24.4. The van der Waals surface area contributed by atoms with Gasteiger partial charge in [0.15, 0.2) is 24.0 Å². The third kappa shape index (κ3) is 3.70. The van der Waals surface area contributed by atoms with E-state index in [1.807, 2.05) is 6.92 Å². The SMILES string of the molecule is CCc1nc([C@@H]2CN(C(=O)COc3ccccc3F)CCO2)n[nH]1. The molecule has 7 nitrogen and oxygen atoms in total. The van der Waals surface area contributed by atoms with Crippen LogP contribution in [0.1, 0.15) is 24.7 Å². The Balaban J connectivity index is 1.58. The Morgan fingerprint density at radius 1 is 1.50 bits per heavy atom. The first-order valence-corrected chi connectivity index (χ1v) is 7.85. The maximum atomic E-state index is 13.5. The van der Waals surface area contributed by atoms with Gasteiger partial charge in [-0.15, -0.1) is 0 Å². The maximum Gasteiger partial charge on any atom is 0.260 e. The molecule has 0 bridgehead atoms. The van der Waals surface area contributed by atoms with E-state index >= 15 is 0 Å². The number of rotatable bonds is 5. The highest BCUT2D eigenvalue weighted by molar-refractivity contribution is 5.77. The summed E-state index contributed by atoms with van der Waals surface area (Å²) in [6, 6.07) is 6.00. The first-order valence-electron chi connectivity index (χ1n) is 7.85. The predicted octanol–water partition coefficient (Wildman–Crippen LogP) is 1.49. The largest absolute Gasteiger partial charge is 0.481 e. The number of nitrogens with zero attached hydrogens (tertiary/aromatic N) is 3.